The summed E-state index contributed by atoms with van der Waals surface area (Å²) in [7, 11) is 1.68. The van der Waals surface area contributed by atoms with Gasteiger partial charge in [-0.1, -0.05) is 0 Å². The Hall–Kier alpha value is -2.95. The molecule has 0 atom stereocenters. The molecule has 9 nitrogen and oxygen atoms in total. The quantitative estimate of drug-likeness (QED) is 0.464. The number of benzene rings is 1. The molecular weight excluding hydrogens is 476 g/mol. The van der Waals surface area contributed by atoms with Crippen molar-refractivity contribution in [1.29, 1.82) is 0 Å². The zero-order valence-electron chi connectivity index (χ0n) is 21.0. The summed E-state index contributed by atoms with van der Waals surface area (Å²) in [6.45, 7) is 10.7. The van der Waals surface area contributed by atoms with Crippen LogP contribution in [0, 0.1) is 6.92 Å². The fourth-order valence-electron chi connectivity index (χ4n) is 4.89. The first kappa shape index (κ1) is 24.7. The molecule has 0 bridgehead atoms. The van der Waals surface area contributed by atoms with Gasteiger partial charge in [-0.15, -0.1) is 11.3 Å². The monoisotopic (exact) mass is 510 g/mol. The van der Waals surface area contributed by atoms with Crippen LogP contribution in [0.25, 0.3) is 10.2 Å². The zero-order chi connectivity index (χ0) is 24.9. The maximum atomic E-state index is 13.0. The second-order valence-corrected chi connectivity index (χ2v) is 10.2. The van der Waals surface area contributed by atoms with Crippen LogP contribution in [-0.4, -0.2) is 93.5 Å². The molecule has 36 heavy (non-hydrogen) atoms. The molecule has 1 amide bonds. The molecule has 2 fully saturated rings. The lowest BCUT2D eigenvalue weighted by molar-refractivity contribution is 0.0374. The number of fused-ring (bicyclic) bond motifs is 1. The molecule has 192 valence electrons. The number of anilines is 2. The van der Waals surface area contributed by atoms with Crippen molar-refractivity contribution in [3.63, 3.8) is 0 Å². The van der Waals surface area contributed by atoms with Crippen molar-refractivity contribution in [2.45, 2.75) is 13.3 Å². The molecule has 0 saturated carbocycles. The Morgan fingerprint density at radius 1 is 1.06 bits per heavy atom. The van der Waals surface area contributed by atoms with Gasteiger partial charge in [0.15, 0.2) is 0 Å². The van der Waals surface area contributed by atoms with Crippen LogP contribution in [0.2, 0.25) is 0 Å². The Bertz CT molecular complexity index is 1170. The van der Waals surface area contributed by atoms with E-state index in [2.05, 4.69) is 42.1 Å². The van der Waals surface area contributed by atoms with E-state index in [4.69, 9.17) is 9.47 Å². The number of amides is 1. The number of carbonyl (C=O) groups is 1. The van der Waals surface area contributed by atoms with Crippen molar-refractivity contribution in [3.05, 3.63) is 41.0 Å². The molecule has 2 aliphatic heterocycles. The third-order valence-corrected chi connectivity index (χ3v) is 8.17. The highest BCUT2D eigenvalue weighted by atomic mass is 32.1. The fourth-order valence-corrected chi connectivity index (χ4v) is 5.95. The summed E-state index contributed by atoms with van der Waals surface area (Å²) in [5.41, 5.74) is 2.16. The van der Waals surface area contributed by atoms with Crippen LogP contribution in [0.5, 0.6) is 5.75 Å². The van der Waals surface area contributed by atoms with Crippen molar-refractivity contribution >= 4 is 39.0 Å². The highest BCUT2D eigenvalue weighted by molar-refractivity contribution is 7.20. The summed E-state index contributed by atoms with van der Waals surface area (Å²) in [6.07, 6.45) is 2.55. The van der Waals surface area contributed by atoms with Gasteiger partial charge >= 0.3 is 0 Å². The van der Waals surface area contributed by atoms with Crippen molar-refractivity contribution in [2.75, 3.05) is 82.5 Å². The summed E-state index contributed by atoms with van der Waals surface area (Å²) < 4.78 is 10.7. The smallest absolute Gasteiger partial charge is 0.261 e. The van der Waals surface area contributed by atoms with Gasteiger partial charge in [-0.2, -0.15) is 0 Å². The number of morpholine rings is 1. The lowest BCUT2D eigenvalue weighted by Gasteiger charge is -2.37. The van der Waals surface area contributed by atoms with E-state index in [1.54, 1.807) is 13.4 Å². The average molecular weight is 511 g/mol. The van der Waals surface area contributed by atoms with Gasteiger partial charge in [-0.3, -0.25) is 9.69 Å². The predicted octanol–water partition coefficient (Wildman–Crippen LogP) is 2.79. The second-order valence-electron chi connectivity index (χ2n) is 9.17. The molecular formula is C26H34N6O3S. The molecule has 1 aromatic carbocycles. The minimum atomic E-state index is -0.0206. The van der Waals surface area contributed by atoms with Gasteiger partial charge < -0.3 is 24.6 Å². The van der Waals surface area contributed by atoms with Crippen molar-refractivity contribution in [3.8, 4) is 5.75 Å². The summed E-state index contributed by atoms with van der Waals surface area (Å²) in [4.78, 5) is 30.8. The SMILES string of the molecule is COc1ccc(N2CCN(c3ncnc4sc(C(=O)NCCCN5CCOCC5)c(C)c34)CC2)cc1. The van der Waals surface area contributed by atoms with Gasteiger partial charge in [0.1, 0.15) is 22.7 Å². The Morgan fingerprint density at radius 2 is 1.78 bits per heavy atom. The molecule has 0 spiro atoms. The number of aryl methyl sites for hydroxylation is 1. The minimum absolute atomic E-state index is 0.0206. The maximum absolute atomic E-state index is 13.0. The number of carbonyl (C=O) groups excluding carboxylic acids is 1. The molecule has 2 aromatic heterocycles. The van der Waals surface area contributed by atoms with Crippen LogP contribution >= 0.6 is 11.3 Å². The number of hydrogen-bond donors (Lipinski definition) is 1. The van der Waals surface area contributed by atoms with Crippen molar-refractivity contribution in [2.24, 2.45) is 0 Å². The van der Waals surface area contributed by atoms with Crippen LogP contribution in [0.15, 0.2) is 30.6 Å². The lowest BCUT2D eigenvalue weighted by atomic mass is 10.1. The standard InChI is InChI=1S/C26H34N6O3S/c1-19-22-24(32-12-10-31(11-13-32)20-4-6-21(34-2)7-5-20)28-18-29-26(22)36-23(19)25(33)27-8-3-9-30-14-16-35-17-15-30/h4-7,18H,3,8-17H2,1-2H3,(H,27,33). The second kappa shape index (κ2) is 11.4. The van der Waals surface area contributed by atoms with E-state index in [1.807, 2.05) is 19.1 Å². The van der Waals surface area contributed by atoms with Crippen LogP contribution in [0.4, 0.5) is 11.5 Å². The summed E-state index contributed by atoms with van der Waals surface area (Å²) >= 11 is 1.46. The lowest BCUT2D eigenvalue weighted by Crippen LogP contribution is -2.46. The third-order valence-electron chi connectivity index (χ3n) is 6.97. The summed E-state index contributed by atoms with van der Waals surface area (Å²) in [6, 6.07) is 8.21. The number of rotatable bonds is 8. The Balaban J connectivity index is 1.22. The number of methoxy groups -OCH3 is 1. The number of hydrogen-bond acceptors (Lipinski definition) is 9. The van der Waals surface area contributed by atoms with Crippen molar-refractivity contribution in [1.82, 2.24) is 20.2 Å². The molecule has 0 unspecified atom stereocenters. The number of thiophene rings is 1. The Kier molecular flexibility index (Phi) is 7.84. The topological polar surface area (TPSA) is 83.1 Å². The van der Waals surface area contributed by atoms with E-state index in [9.17, 15) is 4.79 Å². The Morgan fingerprint density at radius 3 is 2.50 bits per heavy atom. The summed E-state index contributed by atoms with van der Waals surface area (Å²) in [5.74, 6) is 1.77. The molecule has 10 heteroatoms. The van der Waals surface area contributed by atoms with Crippen LogP contribution in [-0.2, 0) is 4.74 Å². The normalized spacial score (nSPS) is 16.9. The number of piperazine rings is 1. The molecule has 2 aliphatic rings. The average Bonchev–Trinajstić information content (AvgIpc) is 3.28. The highest BCUT2D eigenvalue weighted by Crippen LogP contribution is 2.35. The first-order valence-corrected chi connectivity index (χ1v) is 13.4. The number of ether oxygens (including phenoxy) is 2. The highest BCUT2D eigenvalue weighted by Gasteiger charge is 2.24. The zero-order valence-corrected chi connectivity index (χ0v) is 21.9. The van der Waals surface area contributed by atoms with E-state index in [-0.39, 0.29) is 5.91 Å². The van der Waals surface area contributed by atoms with Gasteiger partial charge in [0, 0.05) is 51.5 Å². The van der Waals surface area contributed by atoms with Crippen LogP contribution < -0.4 is 19.9 Å². The van der Waals surface area contributed by atoms with E-state index in [1.165, 1.54) is 17.0 Å². The van der Waals surface area contributed by atoms with Crippen LogP contribution in [0.3, 0.4) is 0 Å². The molecule has 1 N–H and O–H groups in total. The molecule has 4 heterocycles. The molecule has 5 rings (SSSR count). The minimum Gasteiger partial charge on any atom is -0.497 e. The van der Waals surface area contributed by atoms with E-state index in [0.717, 1.165) is 97.7 Å². The van der Waals surface area contributed by atoms with E-state index >= 15 is 0 Å². The van der Waals surface area contributed by atoms with Gasteiger partial charge in [0.2, 0.25) is 0 Å². The first-order valence-electron chi connectivity index (χ1n) is 12.6. The van der Waals surface area contributed by atoms with Crippen LogP contribution in [0.1, 0.15) is 21.7 Å². The number of nitrogens with one attached hydrogen (secondary N) is 1. The number of nitrogens with zero attached hydrogens (tertiary/aromatic N) is 5. The molecule has 3 aromatic rings. The largest absolute Gasteiger partial charge is 0.497 e. The molecule has 0 radical (unpaired) electrons. The predicted molar refractivity (Wildman–Crippen MR) is 144 cm³/mol. The van der Waals surface area contributed by atoms with Gasteiger partial charge in [-0.25, -0.2) is 9.97 Å². The van der Waals surface area contributed by atoms with Gasteiger partial charge in [-0.05, 0) is 49.7 Å². The molecule has 2 saturated heterocycles. The van der Waals surface area contributed by atoms with Gasteiger partial charge in [0.05, 0.1) is 30.6 Å². The van der Waals surface area contributed by atoms with E-state index < -0.39 is 0 Å². The first-order chi connectivity index (χ1) is 17.6. The van der Waals surface area contributed by atoms with Crippen molar-refractivity contribution < 1.29 is 14.3 Å². The molecule has 0 aliphatic carbocycles. The fraction of sp³-hybridized carbons (Fsp3) is 0.500. The Labute approximate surface area is 216 Å². The third kappa shape index (κ3) is 5.40. The summed E-state index contributed by atoms with van der Waals surface area (Å²) in [5, 5.41) is 4.11. The van der Waals surface area contributed by atoms with Gasteiger partial charge in [0.25, 0.3) is 5.91 Å². The maximum Gasteiger partial charge on any atom is 0.261 e. The van der Waals surface area contributed by atoms with E-state index in [0.29, 0.717) is 6.54 Å². The number of aromatic nitrogens is 2.